The zero-order valence-electron chi connectivity index (χ0n) is 13.7. The normalized spacial score (nSPS) is 8.00. The maximum Gasteiger partial charge on any atom is 0.126 e. The molecule has 0 fully saturated rings. The molecule has 2 heteroatoms. The Kier molecular flexibility index (Phi) is 42.4. The Hall–Kier alpha value is -1.10. The van der Waals surface area contributed by atoms with Gasteiger partial charge in [0.15, 0.2) is 0 Å². The summed E-state index contributed by atoms with van der Waals surface area (Å²) in [5.74, 6) is 1.05. The van der Waals surface area contributed by atoms with Crippen LogP contribution in [0.4, 0.5) is 0 Å². The number of rotatable bonds is 3. The molecule has 0 aromatic rings. The molecular weight excluding hydrogens is 222 g/mol. The first kappa shape index (κ1) is 25.7. The SMILES string of the molecule is CC.CC(C)=O.CCC(C)C.CCC/C=C/C#N. The Bertz CT molecular complexity index is 196. The highest BCUT2D eigenvalue weighted by Gasteiger charge is 1.80. The van der Waals surface area contributed by atoms with Gasteiger partial charge in [0.1, 0.15) is 5.78 Å². The summed E-state index contributed by atoms with van der Waals surface area (Å²) in [6.45, 7) is 15.8. The van der Waals surface area contributed by atoms with Crippen molar-refractivity contribution in [2.24, 2.45) is 5.92 Å². The Morgan fingerprint density at radius 3 is 1.72 bits per heavy atom. The van der Waals surface area contributed by atoms with Gasteiger partial charge in [-0.15, -0.1) is 0 Å². The third kappa shape index (κ3) is 120. The van der Waals surface area contributed by atoms with E-state index in [1.807, 2.05) is 26.0 Å². The Labute approximate surface area is 115 Å². The first-order valence-corrected chi connectivity index (χ1v) is 6.94. The molecule has 0 aromatic heterocycles. The second-order valence-corrected chi connectivity index (χ2v) is 4.03. The van der Waals surface area contributed by atoms with Gasteiger partial charge in [-0.05, 0) is 26.2 Å². The van der Waals surface area contributed by atoms with Crippen molar-refractivity contribution in [3.63, 3.8) is 0 Å². The highest BCUT2D eigenvalue weighted by molar-refractivity contribution is 5.72. The number of allylic oxidation sites excluding steroid dienone is 2. The topological polar surface area (TPSA) is 40.9 Å². The summed E-state index contributed by atoms with van der Waals surface area (Å²) in [6.07, 6.45) is 6.84. The lowest BCUT2D eigenvalue weighted by atomic mass is 10.2. The minimum absolute atomic E-state index is 0.167. The average Bonchev–Trinajstić information content (AvgIpc) is 2.32. The van der Waals surface area contributed by atoms with E-state index in [1.54, 1.807) is 0 Å². The second kappa shape index (κ2) is 29.7. The summed E-state index contributed by atoms with van der Waals surface area (Å²) in [6, 6.07) is 1.92. The van der Waals surface area contributed by atoms with Gasteiger partial charge in [-0.1, -0.05) is 60.5 Å². The van der Waals surface area contributed by atoms with E-state index in [0.717, 1.165) is 18.8 Å². The van der Waals surface area contributed by atoms with Crippen molar-refractivity contribution in [1.29, 1.82) is 5.26 Å². The van der Waals surface area contributed by atoms with Crippen LogP contribution >= 0.6 is 0 Å². The van der Waals surface area contributed by atoms with Crippen LogP contribution in [-0.2, 0) is 4.79 Å². The van der Waals surface area contributed by atoms with Crippen LogP contribution in [0.3, 0.4) is 0 Å². The first-order valence-electron chi connectivity index (χ1n) is 6.94. The fourth-order valence-corrected chi connectivity index (χ4v) is 0.303. The van der Waals surface area contributed by atoms with E-state index in [2.05, 4.69) is 27.7 Å². The van der Waals surface area contributed by atoms with E-state index in [1.165, 1.54) is 26.3 Å². The van der Waals surface area contributed by atoms with Crippen LogP contribution in [0.15, 0.2) is 12.2 Å². The monoisotopic (exact) mass is 255 g/mol. The zero-order valence-corrected chi connectivity index (χ0v) is 13.7. The molecule has 0 heterocycles. The Morgan fingerprint density at radius 2 is 1.56 bits per heavy atom. The van der Waals surface area contributed by atoms with Crippen molar-refractivity contribution in [2.45, 2.75) is 74.7 Å². The molecule has 0 saturated heterocycles. The first-order chi connectivity index (χ1) is 8.42. The minimum Gasteiger partial charge on any atom is -0.300 e. The van der Waals surface area contributed by atoms with Crippen LogP contribution in [0, 0.1) is 17.2 Å². The van der Waals surface area contributed by atoms with Gasteiger partial charge in [-0.25, -0.2) is 0 Å². The second-order valence-electron chi connectivity index (χ2n) is 4.03. The van der Waals surface area contributed by atoms with Crippen molar-refractivity contribution < 1.29 is 4.79 Å². The van der Waals surface area contributed by atoms with Crippen LogP contribution in [0.5, 0.6) is 0 Å². The van der Waals surface area contributed by atoms with E-state index in [-0.39, 0.29) is 5.78 Å². The van der Waals surface area contributed by atoms with Crippen molar-refractivity contribution in [1.82, 2.24) is 0 Å². The van der Waals surface area contributed by atoms with Gasteiger partial charge in [-0.2, -0.15) is 5.26 Å². The lowest BCUT2D eigenvalue weighted by molar-refractivity contribution is -0.114. The number of carbonyl (C=O) groups is 1. The van der Waals surface area contributed by atoms with Gasteiger partial charge in [0, 0.05) is 6.08 Å². The van der Waals surface area contributed by atoms with Crippen LogP contribution in [0.1, 0.15) is 74.7 Å². The maximum absolute atomic E-state index is 9.44. The lowest BCUT2D eigenvalue weighted by Crippen LogP contribution is -1.77. The van der Waals surface area contributed by atoms with Crippen molar-refractivity contribution >= 4 is 5.78 Å². The van der Waals surface area contributed by atoms with Gasteiger partial charge < -0.3 is 4.79 Å². The molecule has 0 rings (SSSR count). The fraction of sp³-hybridized carbons (Fsp3) is 0.750. The predicted molar refractivity (Wildman–Crippen MR) is 82.5 cm³/mol. The van der Waals surface area contributed by atoms with Gasteiger partial charge >= 0.3 is 0 Å². The lowest BCUT2D eigenvalue weighted by Gasteiger charge is -1.90. The maximum atomic E-state index is 9.44. The Balaban J connectivity index is -0.0000000791. The summed E-state index contributed by atoms with van der Waals surface area (Å²) >= 11 is 0. The number of nitriles is 1. The highest BCUT2D eigenvalue weighted by Crippen LogP contribution is 1.93. The molecule has 0 aromatic carbocycles. The molecule has 0 aliphatic heterocycles. The van der Waals surface area contributed by atoms with Gasteiger partial charge in [0.05, 0.1) is 6.07 Å². The quantitative estimate of drug-likeness (QED) is 0.621. The number of carbonyl (C=O) groups excluding carboxylic acids is 1. The third-order valence-electron chi connectivity index (χ3n) is 1.46. The minimum atomic E-state index is 0.167. The zero-order chi connectivity index (χ0) is 15.4. The average molecular weight is 255 g/mol. The molecule has 0 aliphatic rings. The molecule has 0 radical (unpaired) electrons. The highest BCUT2D eigenvalue weighted by atomic mass is 16.1. The van der Waals surface area contributed by atoms with E-state index < -0.39 is 0 Å². The molecule has 0 bridgehead atoms. The van der Waals surface area contributed by atoms with Crippen LogP contribution in [0.2, 0.25) is 0 Å². The number of Topliss-reactive ketones (excluding diaryl/α,β-unsaturated/α-hetero) is 1. The van der Waals surface area contributed by atoms with Crippen LogP contribution in [0.25, 0.3) is 0 Å². The van der Waals surface area contributed by atoms with Crippen molar-refractivity contribution in [2.75, 3.05) is 0 Å². The molecule has 0 saturated carbocycles. The molecule has 0 spiro atoms. The van der Waals surface area contributed by atoms with E-state index >= 15 is 0 Å². The molecular formula is C16H33NO. The van der Waals surface area contributed by atoms with E-state index in [0.29, 0.717) is 0 Å². The third-order valence-corrected chi connectivity index (χ3v) is 1.46. The summed E-state index contributed by atoms with van der Waals surface area (Å²) in [7, 11) is 0. The molecule has 108 valence electrons. The standard InChI is InChI=1S/C6H9N.C5H12.C3H6O.C2H6/c1-2-3-4-5-6-7;1-4-5(2)3;1-3(2)4;1-2/h4-5H,2-3H2,1H3;5H,4H2,1-3H3;1-2H3;1-2H3/b5-4+;;;. The predicted octanol–water partition coefficient (Wildman–Crippen LogP) is 5.54. The van der Waals surface area contributed by atoms with Crippen molar-refractivity contribution in [3.05, 3.63) is 12.2 Å². The van der Waals surface area contributed by atoms with E-state index in [4.69, 9.17) is 5.26 Å². The summed E-state index contributed by atoms with van der Waals surface area (Å²) in [5.41, 5.74) is 0. The number of unbranched alkanes of at least 4 members (excludes halogenated alkanes) is 1. The number of hydrogen-bond acceptors (Lipinski definition) is 2. The number of ketones is 1. The van der Waals surface area contributed by atoms with Gasteiger partial charge in [-0.3, -0.25) is 0 Å². The molecule has 0 N–H and O–H groups in total. The molecule has 0 aliphatic carbocycles. The number of hydrogen-bond donors (Lipinski definition) is 0. The van der Waals surface area contributed by atoms with E-state index in [9.17, 15) is 4.79 Å². The summed E-state index contributed by atoms with van der Waals surface area (Å²) in [5, 5.41) is 7.96. The molecule has 18 heavy (non-hydrogen) atoms. The number of nitrogens with zero attached hydrogens (tertiary/aromatic N) is 1. The smallest absolute Gasteiger partial charge is 0.126 e. The molecule has 0 atom stereocenters. The van der Waals surface area contributed by atoms with Gasteiger partial charge in [0.2, 0.25) is 0 Å². The molecule has 2 nitrogen and oxygen atoms in total. The van der Waals surface area contributed by atoms with Crippen molar-refractivity contribution in [3.8, 4) is 6.07 Å². The summed E-state index contributed by atoms with van der Waals surface area (Å²) in [4.78, 5) is 9.44. The summed E-state index contributed by atoms with van der Waals surface area (Å²) < 4.78 is 0. The molecule has 0 amide bonds. The van der Waals surface area contributed by atoms with Crippen LogP contribution < -0.4 is 0 Å². The fourth-order valence-electron chi connectivity index (χ4n) is 0.303. The Morgan fingerprint density at radius 1 is 1.22 bits per heavy atom. The molecule has 0 unspecified atom stereocenters. The largest absolute Gasteiger partial charge is 0.300 e. The van der Waals surface area contributed by atoms with Crippen LogP contribution in [-0.4, -0.2) is 5.78 Å². The van der Waals surface area contributed by atoms with Gasteiger partial charge in [0.25, 0.3) is 0 Å².